The Kier molecular flexibility index (Phi) is 6.80. The summed E-state index contributed by atoms with van der Waals surface area (Å²) in [5, 5.41) is 9.13. The molecule has 6 rings (SSSR count). The average Bonchev–Trinajstić information content (AvgIpc) is 3.68. The Labute approximate surface area is 245 Å². The van der Waals surface area contributed by atoms with Crippen LogP contribution in [-0.2, 0) is 4.79 Å². The van der Waals surface area contributed by atoms with Crippen molar-refractivity contribution >= 4 is 45.1 Å². The van der Waals surface area contributed by atoms with E-state index in [1.54, 1.807) is 43.3 Å². The summed E-state index contributed by atoms with van der Waals surface area (Å²) in [6.45, 7) is 3.22. The van der Waals surface area contributed by atoms with Gasteiger partial charge < -0.3 is 13.9 Å². The minimum atomic E-state index is -1.01. The number of aromatic carboxylic acids is 1. The fraction of sp³-hybridized carbons (Fsp3) is 0.0968. The highest BCUT2D eigenvalue weighted by Gasteiger charge is 2.33. The van der Waals surface area contributed by atoms with E-state index in [1.165, 1.54) is 35.0 Å². The van der Waals surface area contributed by atoms with E-state index in [1.807, 2.05) is 30.3 Å². The molecule has 5 aromatic rings. The summed E-state index contributed by atoms with van der Waals surface area (Å²) in [5.41, 5.74) is 2.35. The molecule has 204 valence electrons. The molecule has 1 aliphatic rings. The first-order valence-corrected chi connectivity index (χ1v) is 14.1. The van der Waals surface area contributed by atoms with Crippen LogP contribution in [0, 0.1) is 0 Å². The number of fused-ring (bicyclic) bond motifs is 1. The van der Waals surface area contributed by atoms with Crippen molar-refractivity contribution < 1.29 is 23.5 Å². The van der Waals surface area contributed by atoms with Crippen LogP contribution in [0.15, 0.2) is 107 Å². The maximum atomic E-state index is 13.8. The van der Waals surface area contributed by atoms with Gasteiger partial charge in [0.1, 0.15) is 29.1 Å². The third-order valence-corrected chi connectivity index (χ3v) is 8.25. The van der Waals surface area contributed by atoms with Crippen LogP contribution in [0.3, 0.4) is 0 Å². The molecule has 0 fully saturated rings. The molecule has 0 bridgehead atoms. The van der Waals surface area contributed by atoms with E-state index in [9.17, 15) is 14.4 Å². The first kappa shape index (κ1) is 26.7. The van der Waals surface area contributed by atoms with Crippen LogP contribution in [0.2, 0.25) is 0 Å². The van der Waals surface area contributed by atoms with Gasteiger partial charge in [0, 0.05) is 32.9 Å². The molecule has 0 saturated heterocycles. The van der Waals surface area contributed by atoms with Crippen LogP contribution < -0.4 is 14.9 Å². The Hall–Kier alpha value is -4.54. The third kappa shape index (κ3) is 4.96. The zero-order valence-corrected chi connectivity index (χ0v) is 24.2. The lowest BCUT2D eigenvalue weighted by atomic mass is 9.98. The number of allylic oxidation sites excluding steroid dienone is 2. The van der Waals surface area contributed by atoms with Gasteiger partial charge in [0.25, 0.3) is 5.56 Å². The number of carbonyl (C=O) groups is 2. The van der Waals surface area contributed by atoms with Crippen molar-refractivity contribution in [3.63, 3.8) is 0 Å². The molecule has 10 heteroatoms. The molecule has 1 N–H and O–H groups in total. The largest absolute Gasteiger partial charge is 0.478 e. The standard InChI is InChI=1S/C31H21BrN2O6S/c1-16-27(17(2)35)28(25-14-13-24(40-25)19-7-9-21(32)10-8-19)34-29(36)26(41-31(34)33-16)15-22-11-12-23(39-22)18-3-5-20(6-4-18)30(37)38/h3-15,28H,1-2H3,(H,37,38)/b26-15+/t28-/m1/s1. The van der Waals surface area contributed by atoms with E-state index < -0.39 is 12.0 Å². The molecule has 0 aliphatic carbocycles. The van der Waals surface area contributed by atoms with E-state index in [2.05, 4.69) is 20.9 Å². The molecule has 8 nitrogen and oxygen atoms in total. The number of rotatable bonds is 6. The summed E-state index contributed by atoms with van der Waals surface area (Å²) in [4.78, 5) is 42.7. The molecule has 0 amide bonds. The molecule has 4 heterocycles. The lowest BCUT2D eigenvalue weighted by Gasteiger charge is -2.22. The van der Waals surface area contributed by atoms with E-state index >= 15 is 0 Å². The summed E-state index contributed by atoms with van der Waals surface area (Å²) in [6.07, 6.45) is 1.64. The number of thiazole rings is 1. The van der Waals surface area contributed by atoms with Crippen molar-refractivity contribution in [2.24, 2.45) is 4.99 Å². The Morgan fingerprint density at radius 1 is 0.951 bits per heavy atom. The highest BCUT2D eigenvalue weighted by atomic mass is 79.9. The fourth-order valence-electron chi connectivity index (χ4n) is 4.80. The number of carboxylic acids is 1. The first-order chi connectivity index (χ1) is 19.7. The van der Waals surface area contributed by atoms with Gasteiger partial charge in [-0.3, -0.25) is 14.2 Å². The average molecular weight is 629 g/mol. The van der Waals surface area contributed by atoms with Gasteiger partial charge in [-0.2, -0.15) is 0 Å². The Morgan fingerprint density at radius 3 is 2.24 bits per heavy atom. The molecule has 0 radical (unpaired) electrons. The smallest absolute Gasteiger partial charge is 0.335 e. The number of carbonyl (C=O) groups excluding carboxylic acids is 1. The van der Waals surface area contributed by atoms with Gasteiger partial charge >= 0.3 is 5.97 Å². The second kappa shape index (κ2) is 10.5. The minimum absolute atomic E-state index is 0.178. The molecular formula is C31H21BrN2O6S. The second-order valence-corrected chi connectivity index (χ2v) is 11.4. The van der Waals surface area contributed by atoms with E-state index in [0.29, 0.717) is 49.2 Å². The van der Waals surface area contributed by atoms with Crippen LogP contribution in [0.4, 0.5) is 0 Å². The van der Waals surface area contributed by atoms with Crippen LogP contribution in [0.25, 0.3) is 28.7 Å². The van der Waals surface area contributed by atoms with Crippen LogP contribution in [0.5, 0.6) is 0 Å². The van der Waals surface area contributed by atoms with Gasteiger partial charge in [-0.15, -0.1) is 0 Å². The Bertz CT molecular complexity index is 2040. The summed E-state index contributed by atoms with van der Waals surface area (Å²) >= 11 is 4.64. The number of Topliss-reactive ketones (excluding diaryl/α,β-unsaturated/α-hetero) is 1. The minimum Gasteiger partial charge on any atom is -0.478 e. The molecule has 1 aliphatic heterocycles. The number of furan rings is 2. The number of nitrogens with zero attached hydrogens (tertiary/aromatic N) is 2. The lowest BCUT2D eigenvalue weighted by Crippen LogP contribution is -2.39. The molecule has 41 heavy (non-hydrogen) atoms. The van der Waals surface area contributed by atoms with Gasteiger partial charge in [0.15, 0.2) is 10.6 Å². The number of ketones is 1. The highest BCUT2D eigenvalue weighted by Crippen LogP contribution is 2.34. The fourth-order valence-corrected chi connectivity index (χ4v) is 6.09. The van der Waals surface area contributed by atoms with Gasteiger partial charge in [-0.05, 0) is 62.4 Å². The van der Waals surface area contributed by atoms with Gasteiger partial charge in [0.2, 0.25) is 0 Å². The zero-order chi connectivity index (χ0) is 28.8. The quantitative estimate of drug-likeness (QED) is 0.254. The maximum Gasteiger partial charge on any atom is 0.335 e. The van der Waals surface area contributed by atoms with Crippen molar-refractivity contribution in [1.82, 2.24) is 4.57 Å². The van der Waals surface area contributed by atoms with E-state index in [4.69, 9.17) is 13.9 Å². The normalized spacial score (nSPS) is 15.1. The molecular weight excluding hydrogens is 608 g/mol. The van der Waals surface area contributed by atoms with Crippen molar-refractivity contribution in [3.05, 3.63) is 125 Å². The number of benzene rings is 2. The predicted molar refractivity (Wildman–Crippen MR) is 157 cm³/mol. The van der Waals surface area contributed by atoms with E-state index in [0.717, 1.165) is 10.0 Å². The Morgan fingerprint density at radius 2 is 1.59 bits per heavy atom. The van der Waals surface area contributed by atoms with Gasteiger partial charge in [-0.25, -0.2) is 9.79 Å². The second-order valence-electron chi connectivity index (χ2n) is 9.43. The topological polar surface area (TPSA) is 115 Å². The number of hydrogen-bond acceptors (Lipinski definition) is 7. The lowest BCUT2D eigenvalue weighted by molar-refractivity contribution is -0.114. The number of hydrogen-bond donors (Lipinski definition) is 1. The number of aromatic nitrogens is 1. The Balaban J connectivity index is 1.42. The highest BCUT2D eigenvalue weighted by molar-refractivity contribution is 9.10. The molecule has 0 saturated carbocycles. The zero-order valence-electron chi connectivity index (χ0n) is 21.8. The van der Waals surface area contributed by atoms with Gasteiger partial charge in [0.05, 0.1) is 10.1 Å². The van der Waals surface area contributed by atoms with Crippen LogP contribution >= 0.6 is 27.3 Å². The van der Waals surface area contributed by atoms with Gasteiger partial charge in [-0.1, -0.05) is 51.5 Å². The van der Waals surface area contributed by atoms with Crippen LogP contribution in [0.1, 0.15) is 41.8 Å². The van der Waals surface area contributed by atoms with Crippen molar-refractivity contribution in [2.75, 3.05) is 0 Å². The third-order valence-electron chi connectivity index (χ3n) is 6.74. The van der Waals surface area contributed by atoms with Crippen LogP contribution in [-0.4, -0.2) is 21.4 Å². The summed E-state index contributed by atoms with van der Waals surface area (Å²) in [5.74, 6) is 0.850. The molecule has 0 unspecified atom stereocenters. The predicted octanol–water partition coefficient (Wildman–Crippen LogP) is 5.80. The molecule has 3 aromatic heterocycles. The van der Waals surface area contributed by atoms with Crippen molar-refractivity contribution in [1.29, 1.82) is 0 Å². The van der Waals surface area contributed by atoms with Crippen molar-refractivity contribution in [3.8, 4) is 22.6 Å². The molecule has 1 atom stereocenters. The maximum absolute atomic E-state index is 13.8. The van der Waals surface area contributed by atoms with E-state index in [-0.39, 0.29) is 16.9 Å². The number of halogens is 1. The number of carboxylic acid groups (broad SMARTS) is 1. The monoisotopic (exact) mass is 628 g/mol. The summed E-state index contributed by atoms with van der Waals surface area (Å²) in [6, 6.07) is 20.3. The summed E-state index contributed by atoms with van der Waals surface area (Å²) < 4.78 is 15.0. The SMILES string of the molecule is CC(=O)C1=C(C)N=c2s/c(=C/c3ccc(-c4ccc(C(=O)O)cc4)o3)c(=O)n2[C@@H]1c1ccc(-c2ccc(Br)cc2)o1. The summed E-state index contributed by atoms with van der Waals surface area (Å²) in [7, 11) is 0. The van der Waals surface area contributed by atoms with Crippen molar-refractivity contribution in [2.45, 2.75) is 19.9 Å². The molecule has 0 spiro atoms. The molecule has 2 aromatic carbocycles. The first-order valence-electron chi connectivity index (χ1n) is 12.5.